The molecule has 2 rings (SSSR count). The Morgan fingerprint density at radius 2 is 2.50 bits per heavy atom. The van der Waals surface area contributed by atoms with E-state index < -0.39 is 0 Å². The summed E-state index contributed by atoms with van der Waals surface area (Å²) in [5.41, 5.74) is 0.946. The Morgan fingerprint density at radius 3 is 3.17 bits per heavy atom. The van der Waals surface area contributed by atoms with Crippen LogP contribution in [0.25, 0.3) is 0 Å². The second-order valence-electron chi connectivity index (χ2n) is 4.89. The van der Waals surface area contributed by atoms with E-state index in [0.717, 1.165) is 31.9 Å². The monoisotopic (exact) mass is 271 g/mol. The summed E-state index contributed by atoms with van der Waals surface area (Å²) in [6.45, 7) is 8.75. The summed E-state index contributed by atoms with van der Waals surface area (Å²) in [6, 6.07) is 0.574. The molecule has 1 fully saturated rings. The van der Waals surface area contributed by atoms with Gasteiger partial charge in [0, 0.05) is 43.3 Å². The van der Waals surface area contributed by atoms with E-state index in [0.29, 0.717) is 12.6 Å². The van der Waals surface area contributed by atoms with Crippen LogP contribution in [0.5, 0.6) is 0 Å². The highest BCUT2D eigenvalue weighted by Crippen LogP contribution is 2.08. The fourth-order valence-electron chi connectivity index (χ4n) is 2.10. The van der Waals surface area contributed by atoms with Gasteiger partial charge in [-0.05, 0) is 13.8 Å². The molecule has 5 nitrogen and oxygen atoms in total. The molecule has 0 saturated carbocycles. The zero-order chi connectivity index (χ0) is 13.0. The molecule has 2 N–H and O–H groups in total. The van der Waals surface area contributed by atoms with Crippen molar-refractivity contribution in [3.05, 3.63) is 20.7 Å². The maximum atomic E-state index is 11.0. The number of aromatic nitrogens is 1. The summed E-state index contributed by atoms with van der Waals surface area (Å²) in [6.07, 6.45) is 0.242. The topological polar surface area (TPSA) is 57.4 Å². The van der Waals surface area contributed by atoms with E-state index in [2.05, 4.69) is 29.0 Å². The lowest BCUT2D eigenvalue weighted by atomic mass is 10.2. The van der Waals surface area contributed by atoms with E-state index in [1.165, 1.54) is 11.3 Å². The second-order valence-corrected chi connectivity index (χ2v) is 5.73. The SMILES string of the molecule is CC(C)N1CCOC(CNCc2csc(=O)[nH]2)C1. The van der Waals surface area contributed by atoms with E-state index in [-0.39, 0.29) is 11.0 Å². The van der Waals surface area contributed by atoms with Gasteiger partial charge in [-0.15, -0.1) is 0 Å². The molecule has 102 valence electrons. The van der Waals surface area contributed by atoms with Crippen LogP contribution in [0, 0.1) is 0 Å². The van der Waals surface area contributed by atoms with Crippen molar-refractivity contribution in [3.8, 4) is 0 Å². The molecule has 1 atom stereocenters. The molecule has 2 heterocycles. The molecule has 1 unspecified atom stereocenters. The Kier molecular flexibility index (Phi) is 4.94. The predicted octanol–water partition coefficient (Wildman–Crippen LogP) is 0.635. The first-order chi connectivity index (χ1) is 8.65. The van der Waals surface area contributed by atoms with Gasteiger partial charge in [0.05, 0.1) is 12.7 Å². The molecule has 1 aliphatic rings. The minimum Gasteiger partial charge on any atom is -0.374 e. The molecule has 1 aromatic heterocycles. The number of nitrogens with zero attached hydrogens (tertiary/aromatic N) is 1. The van der Waals surface area contributed by atoms with Crippen LogP contribution in [0.2, 0.25) is 0 Å². The lowest BCUT2D eigenvalue weighted by Crippen LogP contribution is -2.48. The molecule has 0 aliphatic carbocycles. The zero-order valence-electron chi connectivity index (χ0n) is 10.9. The molecule has 0 spiro atoms. The van der Waals surface area contributed by atoms with Crippen molar-refractivity contribution in [1.82, 2.24) is 15.2 Å². The summed E-state index contributed by atoms with van der Waals surface area (Å²) in [5, 5.41) is 5.19. The third-order valence-corrected chi connectivity index (χ3v) is 3.88. The van der Waals surface area contributed by atoms with Crippen LogP contribution in [0.4, 0.5) is 0 Å². The Hall–Kier alpha value is -0.690. The van der Waals surface area contributed by atoms with Crippen molar-refractivity contribution >= 4 is 11.3 Å². The van der Waals surface area contributed by atoms with Gasteiger partial charge in [0.2, 0.25) is 0 Å². The fraction of sp³-hybridized carbons (Fsp3) is 0.750. The number of rotatable bonds is 5. The molecule has 6 heteroatoms. The van der Waals surface area contributed by atoms with Gasteiger partial charge in [0.15, 0.2) is 0 Å². The number of aromatic amines is 1. The van der Waals surface area contributed by atoms with E-state index in [1.54, 1.807) is 0 Å². The molecule has 0 radical (unpaired) electrons. The Morgan fingerprint density at radius 1 is 1.67 bits per heavy atom. The first kappa shape index (κ1) is 13.7. The average molecular weight is 271 g/mol. The molecule has 1 aromatic rings. The first-order valence-corrected chi connectivity index (χ1v) is 7.26. The van der Waals surface area contributed by atoms with Crippen LogP contribution >= 0.6 is 11.3 Å². The van der Waals surface area contributed by atoms with Crippen LogP contribution < -0.4 is 10.2 Å². The number of hydrogen-bond donors (Lipinski definition) is 2. The lowest BCUT2D eigenvalue weighted by molar-refractivity contribution is -0.0372. The summed E-state index contributed by atoms with van der Waals surface area (Å²) in [7, 11) is 0. The zero-order valence-corrected chi connectivity index (χ0v) is 11.8. The Balaban J connectivity index is 1.71. The highest BCUT2D eigenvalue weighted by atomic mass is 32.1. The summed E-state index contributed by atoms with van der Waals surface area (Å²) in [5.74, 6) is 0. The van der Waals surface area contributed by atoms with Crippen molar-refractivity contribution in [2.24, 2.45) is 0 Å². The van der Waals surface area contributed by atoms with Crippen molar-refractivity contribution < 1.29 is 4.74 Å². The normalized spacial score (nSPS) is 21.6. The molecule has 0 aromatic carbocycles. The maximum Gasteiger partial charge on any atom is 0.304 e. The molecule has 0 bridgehead atoms. The van der Waals surface area contributed by atoms with Gasteiger partial charge < -0.3 is 15.0 Å². The molecule has 1 aliphatic heterocycles. The molecular weight excluding hydrogens is 250 g/mol. The van der Waals surface area contributed by atoms with Crippen molar-refractivity contribution in [2.45, 2.75) is 32.5 Å². The van der Waals surface area contributed by atoms with Gasteiger partial charge in [0.1, 0.15) is 0 Å². The largest absolute Gasteiger partial charge is 0.374 e. The van der Waals surface area contributed by atoms with Gasteiger partial charge in [-0.2, -0.15) is 0 Å². The third kappa shape index (κ3) is 3.91. The quantitative estimate of drug-likeness (QED) is 0.825. The van der Waals surface area contributed by atoms with Gasteiger partial charge in [-0.1, -0.05) is 11.3 Å². The van der Waals surface area contributed by atoms with Gasteiger partial charge in [-0.3, -0.25) is 9.69 Å². The number of thiazole rings is 1. The van der Waals surface area contributed by atoms with Crippen LogP contribution in [0.15, 0.2) is 10.2 Å². The third-order valence-electron chi connectivity index (χ3n) is 3.16. The van der Waals surface area contributed by atoms with Gasteiger partial charge in [0.25, 0.3) is 0 Å². The van der Waals surface area contributed by atoms with E-state index >= 15 is 0 Å². The second kappa shape index (κ2) is 6.47. The van der Waals surface area contributed by atoms with E-state index in [4.69, 9.17) is 4.74 Å². The highest BCUT2D eigenvalue weighted by molar-refractivity contribution is 7.07. The smallest absolute Gasteiger partial charge is 0.304 e. The van der Waals surface area contributed by atoms with Crippen LogP contribution in [-0.4, -0.2) is 48.3 Å². The van der Waals surface area contributed by atoms with Crippen molar-refractivity contribution in [2.75, 3.05) is 26.2 Å². The fourth-order valence-corrected chi connectivity index (χ4v) is 2.68. The lowest BCUT2D eigenvalue weighted by Gasteiger charge is -2.35. The molecule has 1 saturated heterocycles. The number of nitrogens with one attached hydrogen (secondary N) is 2. The first-order valence-electron chi connectivity index (χ1n) is 6.38. The van der Waals surface area contributed by atoms with Gasteiger partial charge >= 0.3 is 4.87 Å². The van der Waals surface area contributed by atoms with Crippen LogP contribution in [0.1, 0.15) is 19.5 Å². The Labute approximate surface area is 111 Å². The standard InChI is InChI=1S/C12H21N3O2S/c1-9(2)15-3-4-17-11(7-15)6-13-5-10-8-18-12(16)14-10/h8-9,11,13H,3-7H2,1-2H3,(H,14,16). The summed E-state index contributed by atoms with van der Waals surface area (Å²) < 4.78 is 5.73. The van der Waals surface area contributed by atoms with Crippen LogP contribution in [0.3, 0.4) is 0 Å². The van der Waals surface area contributed by atoms with E-state index in [1.807, 2.05) is 5.38 Å². The Bertz CT molecular complexity index is 415. The van der Waals surface area contributed by atoms with E-state index in [9.17, 15) is 4.79 Å². The summed E-state index contributed by atoms with van der Waals surface area (Å²) >= 11 is 1.20. The average Bonchev–Trinajstić information content (AvgIpc) is 2.75. The molecule has 0 amide bonds. The summed E-state index contributed by atoms with van der Waals surface area (Å²) in [4.78, 5) is 16.2. The highest BCUT2D eigenvalue weighted by Gasteiger charge is 2.21. The minimum absolute atomic E-state index is 0.00620. The number of morpholine rings is 1. The minimum atomic E-state index is 0.00620. The van der Waals surface area contributed by atoms with Crippen LogP contribution in [-0.2, 0) is 11.3 Å². The number of H-pyrrole nitrogens is 1. The number of hydrogen-bond acceptors (Lipinski definition) is 5. The van der Waals surface area contributed by atoms with Gasteiger partial charge in [-0.25, -0.2) is 0 Å². The van der Waals surface area contributed by atoms with Crippen molar-refractivity contribution in [3.63, 3.8) is 0 Å². The van der Waals surface area contributed by atoms with Crippen molar-refractivity contribution in [1.29, 1.82) is 0 Å². The molecule has 18 heavy (non-hydrogen) atoms. The molecular formula is C12H21N3O2S. The number of ether oxygens (including phenoxy) is 1. The predicted molar refractivity (Wildman–Crippen MR) is 73.1 cm³/mol. The maximum absolute atomic E-state index is 11.0.